The van der Waals surface area contributed by atoms with Gasteiger partial charge in [0.1, 0.15) is 11.4 Å². The van der Waals surface area contributed by atoms with E-state index in [0.717, 1.165) is 11.8 Å². The van der Waals surface area contributed by atoms with Crippen LogP contribution in [0.5, 0.6) is 0 Å². The largest absolute Gasteiger partial charge is 0.321 e. The maximum absolute atomic E-state index is 14.0. The van der Waals surface area contributed by atoms with Gasteiger partial charge in [-0.3, -0.25) is 14.4 Å². The fourth-order valence-electron chi connectivity index (χ4n) is 3.73. The van der Waals surface area contributed by atoms with E-state index in [9.17, 15) is 31.9 Å². The fourth-order valence-corrected chi connectivity index (χ4v) is 5.12. The van der Waals surface area contributed by atoms with E-state index >= 15 is 0 Å². The van der Waals surface area contributed by atoms with Gasteiger partial charge in [0.2, 0.25) is 5.91 Å². The minimum absolute atomic E-state index is 0.0377. The summed E-state index contributed by atoms with van der Waals surface area (Å²) in [7, 11) is 0. The van der Waals surface area contributed by atoms with Crippen LogP contribution in [0.1, 0.15) is 22.8 Å². The summed E-state index contributed by atoms with van der Waals surface area (Å²) >= 11 is 13.2. The Labute approximate surface area is 263 Å². The lowest BCUT2D eigenvalue weighted by molar-refractivity contribution is -0.115. The molecule has 44 heavy (non-hydrogen) atoms. The Balaban J connectivity index is 1.52. The molecule has 4 rings (SSSR count). The molecule has 0 aromatic heterocycles. The molecular weight excluding hydrogens is 641 g/mol. The first-order valence-corrected chi connectivity index (χ1v) is 14.3. The van der Waals surface area contributed by atoms with Crippen molar-refractivity contribution in [3.63, 3.8) is 0 Å². The van der Waals surface area contributed by atoms with E-state index in [0.29, 0.717) is 21.0 Å². The number of thioether (sulfide) groups is 1. The number of carbonyl (C=O) groups is 3. The van der Waals surface area contributed by atoms with E-state index in [4.69, 9.17) is 23.2 Å². The number of carbonyl (C=O) groups excluding carboxylic acids is 3. The van der Waals surface area contributed by atoms with Gasteiger partial charge < -0.3 is 16.0 Å². The molecule has 0 aliphatic rings. The van der Waals surface area contributed by atoms with Crippen molar-refractivity contribution in [1.82, 2.24) is 5.32 Å². The average Bonchev–Trinajstić information content (AvgIpc) is 2.99. The molecule has 0 aliphatic heterocycles. The third kappa shape index (κ3) is 8.19. The van der Waals surface area contributed by atoms with Crippen LogP contribution in [0.4, 0.5) is 28.9 Å². The van der Waals surface area contributed by atoms with Crippen molar-refractivity contribution in [2.24, 2.45) is 0 Å². The molecule has 0 saturated carbocycles. The quantitative estimate of drug-likeness (QED) is 0.0733. The van der Waals surface area contributed by atoms with Crippen molar-refractivity contribution in [3.05, 3.63) is 129 Å². The summed E-state index contributed by atoms with van der Waals surface area (Å²) in [5, 5.41) is 6.77. The van der Waals surface area contributed by atoms with Gasteiger partial charge in [-0.25, -0.2) is 17.6 Å². The molecule has 0 heterocycles. The highest BCUT2D eigenvalue weighted by Gasteiger charge is 2.24. The molecule has 0 bridgehead atoms. The molecule has 3 N–H and O–H groups in total. The zero-order valence-electron chi connectivity index (χ0n) is 22.6. The maximum atomic E-state index is 14.0. The third-order valence-corrected chi connectivity index (χ3v) is 7.58. The highest BCUT2D eigenvalue weighted by molar-refractivity contribution is 8.00. The number of amides is 3. The first-order chi connectivity index (χ1) is 20.9. The Kier molecular flexibility index (Phi) is 10.7. The minimum atomic E-state index is -1.73. The molecule has 0 fully saturated rings. The molecule has 4 aromatic rings. The smallest absolute Gasteiger partial charge is 0.272 e. The van der Waals surface area contributed by atoms with Gasteiger partial charge in [-0.15, -0.1) is 11.8 Å². The molecule has 1 atom stereocenters. The molecule has 0 radical (unpaired) electrons. The van der Waals surface area contributed by atoms with E-state index in [2.05, 4.69) is 10.6 Å². The van der Waals surface area contributed by atoms with Crippen molar-refractivity contribution >= 4 is 70.1 Å². The maximum Gasteiger partial charge on any atom is 0.272 e. The van der Waals surface area contributed by atoms with Crippen LogP contribution in [0.2, 0.25) is 10.0 Å². The molecule has 0 aliphatic carbocycles. The van der Waals surface area contributed by atoms with Crippen LogP contribution >= 0.6 is 35.0 Å². The first-order valence-electron chi connectivity index (χ1n) is 12.7. The zero-order chi connectivity index (χ0) is 32.0. The van der Waals surface area contributed by atoms with Gasteiger partial charge in [0.15, 0.2) is 23.3 Å². The van der Waals surface area contributed by atoms with Crippen molar-refractivity contribution in [2.75, 3.05) is 10.6 Å². The van der Waals surface area contributed by atoms with Crippen molar-refractivity contribution < 1.29 is 31.9 Å². The zero-order valence-corrected chi connectivity index (χ0v) is 24.9. The van der Waals surface area contributed by atoms with Gasteiger partial charge in [-0.1, -0.05) is 53.5 Å². The SMILES string of the molecule is CC(Sc1cccc(NC(=O)/C(=C\c2ccc(Cl)cc2Cl)NC(=O)c2ccccc2)c1)C(=O)Nc1c(F)c(F)cc(F)c1F. The monoisotopic (exact) mass is 661 g/mol. The van der Waals surface area contributed by atoms with Gasteiger partial charge in [0, 0.05) is 32.3 Å². The van der Waals surface area contributed by atoms with Crippen LogP contribution in [0.3, 0.4) is 0 Å². The molecule has 6 nitrogen and oxygen atoms in total. The lowest BCUT2D eigenvalue weighted by Gasteiger charge is -2.15. The summed E-state index contributed by atoms with van der Waals surface area (Å²) in [5.41, 5.74) is -0.387. The van der Waals surface area contributed by atoms with Gasteiger partial charge in [0.25, 0.3) is 11.8 Å². The van der Waals surface area contributed by atoms with Gasteiger partial charge in [0.05, 0.1) is 5.25 Å². The second kappa shape index (κ2) is 14.4. The standard InChI is InChI=1S/C31H21Cl2F4N3O3S/c1-16(29(41)40-28-26(36)23(34)15-24(35)27(28)37)44-21-9-5-8-20(14-21)38-31(43)25(12-18-10-11-19(32)13-22(18)33)39-30(42)17-6-3-2-4-7-17/h2-16H,1H3,(H,38,43)(H,39,42)(H,40,41)/b25-12+. The highest BCUT2D eigenvalue weighted by atomic mass is 35.5. The van der Waals surface area contributed by atoms with Gasteiger partial charge in [-0.05, 0) is 61.0 Å². The van der Waals surface area contributed by atoms with Crippen LogP contribution in [-0.4, -0.2) is 23.0 Å². The van der Waals surface area contributed by atoms with E-state index in [1.54, 1.807) is 60.7 Å². The van der Waals surface area contributed by atoms with Crippen LogP contribution < -0.4 is 16.0 Å². The molecular formula is C31H21Cl2F4N3O3S. The topological polar surface area (TPSA) is 87.3 Å². The number of nitrogens with one attached hydrogen (secondary N) is 3. The summed E-state index contributed by atoms with van der Waals surface area (Å²) in [6.07, 6.45) is 1.38. The Hall–Kier alpha value is -4.32. The van der Waals surface area contributed by atoms with Crippen molar-refractivity contribution in [1.29, 1.82) is 0 Å². The van der Waals surface area contributed by atoms with E-state index < -0.39 is 51.9 Å². The predicted molar refractivity (Wildman–Crippen MR) is 164 cm³/mol. The van der Waals surface area contributed by atoms with E-state index in [1.807, 2.05) is 5.32 Å². The first kappa shape index (κ1) is 32.6. The molecule has 4 aromatic carbocycles. The molecule has 226 valence electrons. The summed E-state index contributed by atoms with van der Waals surface area (Å²) in [6, 6.07) is 19.1. The van der Waals surface area contributed by atoms with Crippen molar-refractivity contribution in [3.8, 4) is 0 Å². The number of rotatable bonds is 9. The van der Waals surface area contributed by atoms with Gasteiger partial charge in [-0.2, -0.15) is 0 Å². The number of anilines is 2. The van der Waals surface area contributed by atoms with Crippen LogP contribution in [0.15, 0.2) is 89.5 Å². The van der Waals surface area contributed by atoms with E-state index in [1.165, 1.54) is 25.1 Å². The summed E-state index contributed by atoms with van der Waals surface area (Å²) in [5.74, 6) is -8.96. The second-order valence-corrected chi connectivity index (χ2v) is 11.4. The van der Waals surface area contributed by atoms with Crippen molar-refractivity contribution in [2.45, 2.75) is 17.1 Å². The lowest BCUT2D eigenvalue weighted by Crippen LogP contribution is -2.30. The third-order valence-electron chi connectivity index (χ3n) is 5.93. The molecule has 1 unspecified atom stereocenters. The number of hydrogen-bond acceptors (Lipinski definition) is 4. The molecule has 0 spiro atoms. The summed E-state index contributed by atoms with van der Waals surface area (Å²) < 4.78 is 55.0. The highest BCUT2D eigenvalue weighted by Crippen LogP contribution is 2.29. The van der Waals surface area contributed by atoms with E-state index in [-0.39, 0.29) is 22.5 Å². The Morgan fingerprint density at radius 2 is 1.50 bits per heavy atom. The molecule has 3 amide bonds. The number of hydrogen-bond donors (Lipinski definition) is 3. The van der Waals surface area contributed by atoms with Crippen LogP contribution in [0.25, 0.3) is 6.08 Å². The minimum Gasteiger partial charge on any atom is -0.321 e. The summed E-state index contributed by atoms with van der Waals surface area (Å²) in [6.45, 7) is 1.41. The second-order valence-electron chi connectivity index (χ2n) is 9.12. The Bertz CT molecular complexity index is 1750. The fraction of sp³-hybridized carbons (Fsp3) is 0.0645. The Morgan fingerprint density at radius 3 is 2.16 bits per heavy atom. The van der Waals surface area contributed by atoms with Crippen LogP contribution in [0, 0.1) is 23.3 Å². The predicted octanol–water partition coefficient (Wildman–Crippen LogP) is 8.08. The van der Waals surface area contributed by atoms with Gasteiger partial charge >= 0.3 is 0 Å². The lowest BCUT2D eigenvalue weighted by atomic mass is 10.1. The molecule has 13 heteroatoms. The number of halogens is 6. The number of benzene rings is 4. The molecule has 0 saturated heterocycles. The summed E-state index contributed by atoms with van der Waals surface area (Å²) in [4.78, 5) is 39.3. The normalized spacial score (nSPS) is 11.9. The Morgan fingerprint density at radius 1 is 0.818 bits per heavy atom. The van der Waals surface area contributed by atoms with Crippen LogP contribution in [-0.2, 0) is 9.59 Å². The average molecular weight is 662 g/mol.